The van der Waals surface area contributed by atoms with Crippen molar-refractivity contribution in [1.82, 2.24) is 0 Å². The quantitative estimate of drug-likeness (QED) is 0.197. The van der Waals surface area contributed by atoms with Gasteiger partial charge >= 0.3 is 291 Å². The molecule has 4 aromatic carbocycles. The third-order valence-electron chi connectivity index (χ3n) is 9.94. The van der Waals surface area contributed by atoms with Gasteiger partial charge < -0.3 is 0 Å². The second-order valence-electron chi connectivity index (χ2n) is 14.4. The Hall–Kier alpha value is -4.44. The summed E-state index contributed by atoms with van der Waals surface area (Å²) < 4.78 is 0. The first kappa shape index (κ1) is 33.5. The van der Waals surface area contributed by atoms with Crippen LogP contribution in [0.15, 0.2) is 73.3 Å². The molecule has 2 aliphatic rings. The van der Waals surface area contributed by atoms with E-state index in [4.69, 9.17) is 0 Å². The molecule has 6 heteroatoms. The van der Waals surface area contributed by atoms with Crippen LogP contribution in [0.4, 0.5) is 22.7 Å². The summed E-state index contributed by atoms with van der Waals surface area (Å²) in [5, 5.41) is 0. The van der Waals surface area contributed by atoms with Crippen molar-refractivity contribution in [2.45, 2.75) is 89.1 Å². The van der Waals surface area contributed by atoms with Crippen LogP contribution >= 0.6 is 0 Å². The van der Waals surface area contributed by atoms with Crippen LogP contribution in [-0.2, 0) is 0 Å². The van der Waals surface area contributed by atoms with E-state index in [1.165, 1.54) is 95.2 Å². The summed E-state index contributed by atoms with van der Waals surface area (Å²) in [6.07, 6.45) is 9.08. The SMILES string of the molecule is Cc1cc(C)c(N2C=CN(c3c(C)cc(C)cc3C)C2=BBC2N(c3c(C)cc(C)cc3C)C=CN2c2c(C)cc(C)cc2C)c(C)c1. The molecule has 0 saturated heterocycles. The van der Waals surface area contributed by atoms with Crippen molar-refractivity contribution in [2.75, 3.05) is 19.6 Å². The molecule has 0 aromatic heterocycles. The Morgan fingerprint density at radius 1 is 0.396 bits per heavy atom. The fraction of sp³-hybridized carbons (Fsp3) is 0.310. The Bertz CT molecular complexity index is 1790. The van der Waals surface area contributed by atoms with Crippen molar-refractivity contribution in [2.24, 2.45) is 0 Å². The molecule has 0 aliphatic carbocycles. The number of aryl methyl sites for hydroxylation is 12. The molecule has 0 unspecified atom stereocenters. The van der Waals surface area contributed by atoms with Gasteiger partial charge in [-0.3, -0.25) is 0 Å². The van der Waals surface area contributed by atoms with Crippen LogP contribution in [0.25, 0.3) is 0 Å². The number of benzene rings is 4. The van der Waals surface area contributed by atoms with E-state index in [0.717, 1.165) is 7.17 Å². The summed E-state index contributed by atoms with van der Waals surface area (Å²) in [5.41, 5.74) is 21.8. The molecule has 0 bridgehead atoms. The van der Waals surface area contributed by atoms with E-state index in [2.05, 4.69) is 183 Å². The predicted octanol–water partition coefficient (Wildman–Crippen LogP) is 9.11. The van der Waals surface area contributed by atoms with E-state index < -0.39 is 0 Å². The molecule has 2 heterocycles. The topological polar surface area (TPSA) is 13.0 Å². The number of hydrogen-bond donors (Lipinski definition) is 0. The Balaban J connectivity index is 1.52. The van der Waals surface area contributed by atoms with Gasteiger partial charge in [0, 0.05) is 0 Å². The van der Waals surface area contributed by atoms with Gasteiger partial charge in [0.1, 0.15) is 0 Å². The molecule has 0 saturated carbocycles. The van der Waals surface area contributed by atoms with E-state index in [-0.39, 0.29) is 6.07 Å². The van der Waals surface area contributed by atoms with Crippen LogP contribution in [0.1, 0.15) is 66.8 Å². The summed E-state index contributed by atoms with van der Waals surface area (Å²) in [6, 6.07) is 18.5. The van der Waals surface area contributed by atoms with Gasteiger partial charge in [-0.1, -0.05) is 0 Å². The molecule has 4 aromatic rings. The maximum absolute atomic E-state index is 2.50. The van der Waals surface area contributed by atoms with E-state index in [1.54, 1.807) is 0 Å². The first-order valence-corrected chi connectivity index (χ1v) is 17.3. The minimum atomic E-state index is 0.0578. The van der Waals surface area contributed by atoms with Gasteiger partial charge in [-0.2, -0.15) is 0 Å². The molecule has 0 radical (unpaired) electrons. The number of nitrogens with zero attached hydrogens (tertiary/aromatic N) is 4. The minimum absolute atomic E-state index is 0.0578. The van der Waals surface area contributed by atoms with Crippen molar-refractivity contribution in [3.05, 3.63) is 140 Å². The number of rotatable bonds is 6. The van der Waals surface area contributed by atoms with Gasteiger partial charge in [0.15, 0.2) is 0 Å². The van der Waals surface area contributed by atoms with Gasteiger partial charge in [0.2, 0.25) is 0 Å². The molecular formula is C42H50B2N4. The second kappa shape index (κ2) is 12.9. The fourth-order valence-electron chi connectivity index (χ4n) is 8.60. The van der Waals surface area contributed by atoms with Crippen molar-refractivity contribution >= 4 is 42.4 Å². The van der Waals surface area contributed by atoms with Crippen LogP contribution in [0.2, 0.25) is 0 Å². The summed E-state index contributed by atoms with van der Waals surface area (Å²) in [7, 11) is 0.810. The van der Waals surface area contributed by atoms with Gasteiger partial charge in [-0.15, -0.1) is 0 Å². The van der Waals surface area contributed by atoms with Crippen LogP contribution in [0, 0.1) is 83.1 Å². The van der Waals surface area contributed by atoms with Crippen molar-refractivity contribution in [1.29, 1.82) is 0 Å². The Kier molecular flexibility index (Phi) is 8.98. The summed E-state index contributed by atoms with van der Waals surface area (Å²) in [5.74, 6) is 0. The van der Waals surface area contributed by atoms with Crippen LogP contribution in [0.3, 0.4) is 0 Å². The van der Waals surface area contributed by atoms with Crippen molar-refractivity contribution in [3.8, 4) is 0 Å². The molecule has 2 aliphatic heterocycles. The average molecular weight is 633 g/mol. The Morgan fingerprint density at radius 2 is 0.667 bits per heavy atom. The molecule has 4 nitrogen and oxygen atoms in total. The predicted molar refractivity (Wildman–Crippen MR) is 213 cm³/mol. The van der Waals surface area contributed by atoms with Crippen LogP contribution < -0.4 is 19.6 Å². The normalized spacial score (nSPS) is 14.5. The second-order valence-corrected chi connectivity index (χ2v) is 14.4. The van der Waals surface area contributed by atoms with E-state index in [1.807, 2.05) is 0 Å². The fourth-order valence-corrected chi connectivity index (χ4v) is 8.60. The average Bonchev–Trinajstić information content (AvgIpc) is 3.54. The number of hydrogen-bond acceptors (Lipinski definition) is 4. The summed E-state index contributed by atoms with van der Waals surface area (Å²) in [4.78, 5) is 9.82. The molecule has 0 spiro atoms. The third kappa shape index (κ3) is 6.02. The standard InChI is InChI=1S/C42H50B2N4/c1-25-17-29(5)37(30(6)18-25)45-13-14-46(38-31(7)19-26(2)20-32(38)8)41(45)43-44-42-47(39-33(9)21-27(3)22-34(39)10)15-16-48(42)40-35(11)23-28(4)24-36(40)12/h13-24,41,43H,1-12H3. The van der Waals surface area contributed by atoms with E-state index >= 15 is 0 Å². The van der Waals surface area contributed by atoms with Gasteiger partial charge in [-0.05, 0) is 0 Å². The van der Waals surface area contributed by atoms with Crippen molar-refractivity contribution < 1.29 is 0 Å². The monoisotopic (exact) mass is 632 g/mol. The zero-order valence-electron chi connectivity index (χ0n) is 31.1. The van der Waals surface area contributed by atoms with Gasteiger partial charge in [0.05, 0.1) is 0 Å². The van der Waals surface area contributed by atoms with E-state index in [0.29, 0.717) is 0 Å². The van der Waals surface area contributed by atoms with Crippen molar-refractivity contribution in [3.63, 3.8) is 0 Å². The maximum atomic E-state index is 2.50. The summed E-state index contributed by atoms with van der Waals surface area (Å²) in [6.45, 7) is 29.2. The first-order valence-electron chi connectivity index (χ1n) is 17.3. The summed E-state index contributed by atoms with van der Waals surface area (Å²) >= 11 is 0. The van der Waals surface area contributed by atoms with Gasteiger partial charge in [0.25, 0.3) is 0 Å². The zero-order valence-corrected chi connectivity index (χ0v) is 31.1. The van der Waals surface area contributed by atoms with E-state index in [9.17, 15) is 0 Å². The molecular weight excluding hydrogens is 582 g/mol. The third-order valence-corrected chi connectivity index (χ3v) is 9.94. The number of anilines is 4. The molecule has 0 N–H and O–H groups in total. The molecule has 48 heavy (non-hydrogen) atoms. The first-order chi connectivity index (χ1) is 22.7. The molecule has 0 fully saturated rings. The molecule has 244 valence electrons. The zero-order chi connectivity index (χ0) is 34.6. The van der Waals surface area contributed by atoms with Crippen LogP contribution in [-0.4, -0.2) is 25.8 Å². The van der Waals surface area contributed by atoms with Crippen LogP contribution in [0.5, 0.6) is 0 Å². The Morgan fingerprint density at radius 3 is 0.958 bits per heavy atom. The molecule has 6 rings (SSSR count). The Labute approximate surface area is 290 Å². The molecule has 0 atom stereocenters. The van der Waals surface area contributed by atoms with Gasteiger partial charge in [-0.25, -0.2) is 0 Å². The molecule has 0 amide bonds.